The number of methoxy groups -OCH3 is 2. The fourth-order valence-electron chi connectivity index (χ4n) is 2.95. The number of nitrogens with zero attached hydrogens (tertiary/aromatic N) is 1. The molecule has 23 heavy (non-hydrogen) atoms. The van der Waals surface area contributed by atoms with Gasteiger partial charge >= 0.3 is 0 Å². The van der Waals surface area contributed by atoms with E-state index in [9.17, 15) is 0 Å². The van der Waals surface area contributed by atoms with Gasteiger partial charge in [-0.3, -0.25) is 0 Å². The quantitative estimate of drug-likeness (QED) is 0.589. The summed E-state index contributed by atoms with van der Waals surface area (Å²) in [6.07, 6.45) is 2.85. The molecule has 0 saturated heterocycles. The first-order chi connectivity index (χ1) is 11.2. The SMILES string of the molecule is C=CC[N+]1=C(c2ccc(Br)o2)c2cc(OC)c(OC)cc2CC1. The predicted molar refractivity (Wildman–Crippen MR) is 93.1 cm³/mol. The average molecular weight is 377 g/mol. The van der Waals surface area contributed by atoms with Crippen molar-refractivity contribution in [1.29, 1.82) is 0 Å². The maximum Gasteiger partial charge on any atom is 0.251 e. The average Bonchev–Trinajstić information content (AvgIpc) is 2.99. The highest BCUT2D eigenvalue weighted by atomic mass is 79.9. The molecule has 1 aliphatic rings. The van der Waals surface area contributed by atoms with Crippen LogP contribution in [0.4, 0.5) is 0 Å². The Balaban J connectivity index is 2.22. The van der Waals surface area contributed by atoms with Crippen LogP contribution in [0.15, 0.2) is 46.0 Å². The molecule has 0 aliphatic carbocycles. The summed E-state index contributed by atoms with van der Waals surface area (Å²) in [6.45, 7) is 5.54. The first-order valence-corrected chi connectivity index (χ1v) is 8.21. The molecule has 2 aromatic rings. The second-order valence-electron chi connectivity index (χ2n) is 5.30. The Bertz CT molecular complexity index is 777. The van der Waals surface area contributed by atoms with Gasteiger partial charge in [-0.05, 0) is 51.8 Å². The minimum absolute atomic E-state index is 0.714. The van der Waals surface area contributed by atoms with Gasteiger partial charge in [0.2, 0.25) is 0 Å². The van der Waals surface area contributed by atoms with Crippen LogP contribution < -0.4 is 9.47 Å². The molecular formula is C18H19BrNO3+. The van der Waals surface area contributed by atoms with Gasteiger partial charge in [-0.15, -0.1) is 0 Å². The molecule has 4 nitrogen and oxygen atoms in total. The number of fused-ring (bicyclic) bond motifs is 1. The molecule has 2 heterocycles. The van der Waals surface area contributed by atoms with Gasteiger partial charge in [0.25, 0.3) is 5.71 Å². The highest BCUT2D eigenvalue weighted by Crippen LogP contribution is 2.34. The summed E-state index contributed by atoms with van der Waals surface area (Å²) >= 11 is 3.39. The fourth-order valence-corrected chi connectivity index (χ4v) is 3.26. The number of rotatable bonds is 5. The van der Waals surface area contributed by atoms with E-state index in [0.717, 1.165) is 48.0 Å². The van der Waals surface area contributed by atoms with Crippen LogP contribution in [0.2, 0.25) is 0 Å². The van der Waals surface area contributed by atoms with Crippen LogP contribution in [0.3, 0.4) is 0 Å². The normalized spacial score (nSPS) is 13.7. The molecule has 1 aliphatic heterocycles. The lowest BCUT2D eigenvalue weighted by molar-refractivity contribution is -0.518. The number of benzene rings is 1. The zero-order chi connectivity index (χ0) is 16.4. The molecule has 0 spiro atoms. The zero-order valence-corrected chi connectivity index (χ0v) is 14.9. The Labute approximate surface area is 144 Å². The molecule has 5 heteroatoms. The van der Waals surface area contributed by atoms with Crippen molar-refractivity contribution < 1.29 is 18.5 Å². The van der Waals surface area contributed by atoms with Crippen molar-refractivity contribution in [2.24, 2.45) is 0 Å². The topological polar surface area (TPSA) is 34.6 Å². The maximum absolute atomic E-state index is 5.82. The molecule has 0 amide bonds. The van der Waals surface area contributed by atoms with Crippen LogP contribution in [0.5, 0.6) is 11.5 Å². The van der Waals surface area contributed by atoms with Gasteiger partial charge in [-0.25, -0.2) is 4.58 Å². The standard InChI is InChI=1S/C18H19BrNO3/c1-4-8-20-9-7-12-10-15(21-2)16(22-3)11-13(12)18(20)14-5-6-17(19)23-14/h4-6,10-11H,1,7-9H2,2-3H3/q+1. The number of furan rings is 1. The molecule has 120 valence electrons. The molecule has 3 rings (SSSR count). The Morgan fingerprint density at radius 3 is 2.61 bits per heavy atom. The Hall–Kier alpha value is -2.01. The van der Waals surface area contributed by atoms with Gasteiger partial charge in [-0.1, -0.05) is 6.58 Å². The lowest BCUT2D eigenvalue weighted by Gasteiger charge is -2.19. The first-order valence-electron chi connectivity index (χ1n) is 7.41. The van der Waals surface area contributed by atoms with Crippen LogP contribution in [0.25, 0.3) is 0 Å². The first kappa shape index (κ1) is 15.9. The summed E-state index contributed by atoms with van der Waals surface area (Å²) in [5.74, 6) is 2.30. The largest absolute Gasteiger partial charge is 0.493 e. The summed E-state index contributed by atoms with van der Waals surface area (Å²) < 4.78 is 19.7. The van der Waals surface area contributed by atoms with Crippen LogP contribution in [-0.4, -0.2) is 37.6 Å². The van der Waals surface area contributed by atoms with Gasteiger partial charge in [0.05, 0.1) is 19.8 Å². The summed E-state index contributed by atoms with van der Waals surface area (Å²) in [5.41, 5.74) is 3.39. The zero-order valence-electron chi connectivity index (χ0n) is 13.3. The molecule has 0 bridgehead atoms. The van der Waals surface area contributed by atoms with Crippen LogP contribution >= 0.6 is 15.9 Å². The smallest absolute Gasteiger partial charge is 0.251 e. The highest BCUT2D eigenvalue weighted by Gasteiger charge is 2.30. The van der Waals surface area contributed by atoms with E-state index >= 15 is 0 Å². The molecule has 0 radical (unpaired) electrons. The van der Waals surface area contributed by atoms with E-state index in [1.807, 2.05) is 24.3 Å². The molecule has 1 aromatic heterocycles. The number of hydrogen-bond donors (Lipinski definition) is 0. The third-order valence-electron chi connectivity index (χ3n) is 3.99. The summed E-state index contributed by atoms with van der Waals surface area (Å²) in [5, 5.41) is 0. The van der Waals surface area contributed by atoms with Crippen molar-refractivity contribution in [2.75, 3.05) is 27.3 Å². The summed E-state index contributed by atoms with van der Waals surface area (Å²) in [6, 6.07) is 7.96. The monoisotopic (exact) mass is 376 g/mol. The minimum Gasteiger partial charge on any atom is -0.493 e. The van der Waals surface area contributed by atoms with Crippen LogP contribution in [0.1, 0.15) is 16.9 Å². The van der Waals surface area contributed by atoms with E-state index in [1.54, 1.807) is 14.2 Å². The van der Waals surface area contributed by atoms with Gasteiger partial charge in [0, 0.05) is 6.42 Å². The lowest BCUT2D eigenvalue weighted by atomic mass is 9.94. The minimum atomic E-state index is 0.714. The van der Waals surface area contributed by atoms with E-state index in [1.165, 1.54) is 5.56 Å². The number of halogens is 1. The molecule has 0 saturated carbocycles. The van der Waals surface area contributed by atoms with Crippen molar-refractivity contribution in [1.82, 2.24) is 0 Å². The predicted octanol–water partition coefficient (Wildman–Crippen LogP) is 3.65. The van der Waals surface area contributed by atoms with Gasteiger partial charge < -0.3 is 13.9 Å². The molecule has 0 N–H and O–H groups in total. The lowest BCUT2D eigenvalue weighted by Crippen LogP contribution is -2.31. The molecule has 0 unspecified atom stereocenters. The molecular weight excluding hydrogens is 358 g/mol. The molecule has 1 aromatic carbocycles. The maximum atomic E-state index is 5.82. The van der Waals surface area contributed by atoms with Crippen molar-refractivity contribution >= 4 is 21.6 Å². The van der Waals surface area contributed by atoms with E-state index in [4.69, 9.17) is 13.9 Å². The highest BCUT2D eigenvalue weighted by molar-refractivity contribution is 9.10. The summed E-state index contributed by atoms with van der Waals surface area (Å²) in [7, 11) is 3.31. The number of hydrogen-bond acceptors (Lipinski definition) is 3. The molecule has 0 atom stereocenters. The van der Waals surface area contributed by atoms with Crippen molar-refractivity contribution in [2.45, 2.75) is 6.42 Å². The van der Waals surface area contributed by atoms with Crippen molar-refractivity contribution in [3.05, 3.63) is 58.5 Å². The second-order valence-corrected chi connectivity index (χ2v) is 6.08. The van der Waals surface area contributed by atoms with Crippen LogP contribution in [0, 0.1) is 0 Å². The van der Waals surface area contributed by atoms with Gasteiger partial charge in [-0.2, -0.15) is 0 Å². The van der Waals surface area contributed by atoms with Crippen LogP contribution in [-0.2, 0) is 6.42 Å². The fraction of sp³-hybridized carbons (Fsp3) is 0.278. The Morgan fingerprint density at radius 1 is 1.26 bits per heavy atom. The number of ether oxygens (including phenoxy) is 2. The Kier molecular flexibility index (Phi) is 4.57. The second kappa shape index (κ2) is 6.62. The van der Waals surface area contributed by atoms with Crippen molar-refractivity contribution in [3.8, 4) is 11.5 Å². The van der Waals surface area contributed by atoms with E-state index in [-0.39, 0.29) is 0 Å². The van der Waals surface area contributed by atoms with Crippen molar-refractivity contribution in [3.63, 3.8) is 0 Å². The van der Waals surface area contributed by atoms with E-state index in [2.05, 4.69) is 33.2 Å². The van der Waals surface area contributed by atoms with E-state index in [0.29, 0.717) is 4.67 Å². The van der Waals surface area contributed by atoms with Gasteiger partial charge in [0.1, 0.15) is 6.54 Å². The third kappa shape index (κ3) is 2.93. The third-order valence-corrected chi connectivity index (χ3v) is 4.41. The van der Waals surface area contributed by atoms with E-state index < -0.39 is 0 Å². The van der Waals surface area contributed by atoms with Gasteiger partial charge in [0.15, 0.2) is 28.5 Å². The Morgan fingerprint density at radius 2 is 2.00 bits per heavy atom. The molecule has 0 fully saturated rings. The summed E-state index contributed by atoms with van der Waals surface area (Å²) in [4.78, 5) is 0.